The topological polar surface area (TPSA) is 59.7 Å². The minimum Gasteiger partial charge on any atom is -0.496 e. The molecule has 5 heteroatoms. The van der Waals surface area contributed by atoms with Crippen molar-refractivity contribution < 1.29 is 9.84 Å². The first kappa shape index (κ1) is 11.7. The van der Waals surface area contributed by atoms with Crippen LogP contribution in [0.25, 0.3) is 5.52 Å². The first-order chi connectivity index (χ1) is 9.31. The van der Waals surface area contributed by atoms with E-state index in [0.29, 0.717) is 16.9 Å². The van der Waals surface area contributed by atoms with Crippen molar-refractivity contribution in [2.45, 2.75) is 6.10 Å². The van der Waals surface area contributed by atoms with Crippen molar-refractivity contribution in [3.8, 4) is 5.75 Å². The van der Waals surface area contributed by atoms with Gasteiger partial charge in [-0.05, 0) is 6.07 Å². The summed E-state index contributed by atoms with van der Waals surface area (Å²) in [5, 5.41) is 14.7. The van der Waals surface area contributed by atoms with Gasteiger partial charge in [0, 0.05) is 23.5 Å². The van der Waals surface area contributed by atoms with Crippen LogP contribution >= 0.6 is 0 Å². The largest absolute Gasteiger partial charge is 0.496 e. The monoisotopic (exact) mass is 255 g/mol. The van der Waals surface area contributed by atoms with Crippen LogP contribution in [0.5, 0.6) is 5.75 Å². The van der Waals surface area contributed by atoms with Crippen LogP contribution < -0.4 is 4.74 Å². The molecule has 0 saturated heterocycles. The molecule has 2 aromatic heterocycles. The summed E-state index contributed by atoms with van der Waals surface area (Å²) >= 11 is 0. The Bertz CT molecular complexity index is 708. The van der Waals surface area contributed by atoms with Gasteiger partial charge in [-0.25, -0.2) is 4.52 Å². The van der Waals surface area contributed by atoms with Gasteiger partial charge >= 0.3 is 0 Å². The number of nitrogens with zero attached hydrogens (tertiary/aromatic N) is 3. The predicted molar refractivity (Wildman–Crippen MR) is 70.0 cm³/mol. The highest BCUT2D eigenvalue weighted by Crippen LogP contribution is 2.31. The lowest BCUT2D eigenvalue weighted by Gasteiger charge is -2.13. The van der Waals surface area contributed by atoms with Gasteiger partial charge in [0.15, 0.2) is 0 Å². The molecule has 0 aliphatic carbocycles. The third-order valence-corrected chi connectivity index (χ3v) is 3.08. The number of rotatable bonds is 3. The van der Waals surface area contributed by atoms with Gasteiger partial charge in [-0.1, -0.05) is 18.2 Å². The van der Waals surface area contributed by atoms with E-state index >= 15 is 0 Å². The lowest BCUT2D eigenvalue weighted by atomic mass is 10.0. The van der Waals surface area contributed by atoms with Gasteiger partial charge in [0.05, 0.1) is 25.0 Å². The number of hydrogen-bond donors (Lipinski definition) is 1. The molecule has 1 unspecified atom stereocenters. The smallest absolute Gasteiger partial charge is 0.125 e. The van der Waals surface area contributed by atoms with Crippen molar-refractivity contribution in [3.63, 3.8) is 0 Å². The molecule has 19 heavy (non-hydrogen) atoms. The zero-order valence-corrected chi connectivity index (χ0v) is 10.4. The number of hydrogen-bond acceptors (Lipinski definition) is 4. The van der Waals surface area contributed by atoms with Crippen molar-refractivity contribution in [1.82, 2.24) is 14.6 Å². The Balaban J connectivity index is 2.11. The highest BCUT2D eigenvalue weighted by atomic mass is 16.5. The second-order valence-corrected chi connectivity index (χ2v) is 4.15. The van der Waals surface area contributed by atoms with Gasteiger partial charge in [-0.15, -0.1) is 0 Å². The van der Waals surface area contributed by atoms with Crippen LogP contribution in [0.15, 0.2) is 49.1 Å². The van der Waals surface area contributed by atoms with Crippen LogP contribution in [0.2, 0.25) is 0 Å². The van der Waals surface area contributed by atoms with Crippen molar-refractivity contribution in [3.05, 3.63) is 60.2 Å². The minimum absolute atomic E-state index is 0.651. The Kier molecular flexibility index (Phi) is 2.89. The molecule has 0 aliphatic rings. The Morgan fingerprint density at radius 1 is 1.21 bits per heavy atom. The summed E-state index contributed by atoms with van der Waals surface area (Å²) in [5.41, 5.74) is 2.20. The molecule has 5 nitrogen and oxygen atoms in total. The van der Waals surface area contributed by atoms with Gasteiger partial charge in [-0.2, -0.15) is 5.10 Å². The van der Waals surface area contributed by atoms with E-state index in [2.05, 4.69) is 10.1 Å². The van der Waals surface area contributed by atoms with E-state index in [4.69, 9.17) is 4.74 Å². The van der Waals surface area contributed by atoms with Crippen LogP contribution in [0.1, 0.15) is 17.2 Å². The number of aliphatic hydroxyl groups excluding tert-OH is 1. The summed E-state index contributed by atoms with van der Waals surface area (Å²) in [5.74, 6) is 0.651. The number of aromatic nitrogens is 3. The summed E-state index contributed by atoms with van der Waals surface area (Å²) in [6.07, 6.45) is 5.93. The fourth-order valence-electron chi connectivity index (χ4n) is 2.12. The first-order valence-corrected chi connectivity index (χ1v) is 5.89. The maximum atomic E-state index is 10.5. The van der Waals surface area contributed by atoms with Crippen molar-refractivity contribution in [1.29, 1.82) is 0 Å². The van der Waals surface area contributed by atoms with E-state index in [9.17, 15) is 5.11 Å². The SMILES string of the molecule is COc1ccccc1C(O)c1cnn2ccncc12. The minimum atomic E-state index is -0.794. The normalized spacial score (nSPS) is 12.5. The summed E-state index contributed by atoms with van der Waals surface area (Å²) in [6, 6.07) is 7.39. The van der Waals surface area contributed by atoms with Crippen molar-refractivity contribution in [2.75, 3.05) is 7.11 Å². The number of benzene rings is 1. The lowest BCUT2D eigenvalue weighted by molar-refractivity contribution is 0.216. The summed E-state index contributed by atoms with van der Waals surface area (Å²) < 4.78 is 6.96. The molecule has 0 spiro atoms. The van der Waals surface area contributed by atoms with Crippen LogP contribution in [-0.4, -0.2) is 26.8 Å². The van der Waals surface area contributed by atoms with Crippen molar-refractivity contribution >= 4 is 5.52 Å². The second-order valence-electron chi connectivity index (χ2n) is 4.15. The van der Waals surface area contributed by atoms with E-state index < -0.39 is 6.10 Å². The zero-order chi connectivity index (χ0) is 13.2. The Morgan fingerprint density at radius 3 is 2.89 bits per heavy atom. The van der Waals surface area contributed by atoms with Gasteiger partial charge in [0.25, 0.3) is 0 Å². The molecule has 1 aromatic carbocycles. The zero-order valence-electron chi connectivity index (χ0n) is 10.4. The van der Waals surface area contributed by atoms with Crippen LogP contribution in [0, 0.1) is 0 Å². The van der Waals surface area contributed by atoms with Crippen LogP contribution in [-0.2, 0) is 0 Å². The molecule has 0 fully saturated rings. The van der Waals surface area contributed by atoms with E-state index in [0.717, 1.165) is 5.52 Å². The van der Waals surface area contributed by atoms with E-state index in [1.807, 2.05) is 24.3 Å². The van der Waals surface area contributed by atoms with Gasteiger partial charge in [0.1, 0.15) is 11.9 Å². The fourth-order valence-corrected chi connectivity index (χ4v) is 2.12. The maximum Gasteiger partial charge on any atom is 0.125 e. The molecule has 0 radical (unpaired) electrons. The van der Waals surface area contributed by atoms with E-state index in [1.165, 1.54) is 0 Å². The third-order valence-electron chi connectivity index (χ3n) is 3.08. The number of aliphatic hydroxyl groups is 1. The Labute approximate surface area is 110 Å². The number of ether oxygens (including phenoxy) is 1. The number of fused-ring (bicyclic) bond motifs is 1. The molecule has 3 aromatic rings. The fraction of sp³-hybridized carbons (Fsp3) is 0.143. The Hall–Kier alpha value is -2.40. The molecule has 0 amide bonds. The standard InChI is InChI=1S/C14H13N3O2/c1-19-13-5-3-2-4-10(13)14(18)11-8-16-17-7-6-15-9-12(11)17/h2-9,14,18H,1H3. The van der Waals surface area contributed by atoms with E-state index in [1.54, 1.807) is 36.4 Å². The molecular weight excluding hydrogens is 242 g/mol. The first-order valence-electron chi connectivity index (χ1n) is 5.89. The maximum absolute atomic E-state index is 10.5. The molecule has 0 aliphatic heterocycles. The number of para-hydroxylation sites is 1. The van der Waals surface area contributed by atoms with Gasteiger partial charge < -0.3 is 9.84 Å². The molecular formula is C14H13N3O2. The van der Waals surface area contributed by atoms with Crippen molar-refractivity contribution in [2.24, 2.45) is 0 Å². The quantitative estimate of drug-likeness (QED) is 0.775. The highest BCUT2D eigenvalue weighted by molar-refractivity contribution is 5.56. The predicted octanol–water partition coefficient (Wildman–Crippen LogP) is 1.82. The Morgan fingerprint density at radius 2 is 2.05 bits per heavy atom. The molecule has 2 heterocycles. The van der Waals surface area contributed by atoms with Gasteiger partial charge in [0.2, 0.25) is 0 Å². The average Bonchev–Trinajstić information content (AvgIpc) is 2.90. The number of methoxy groups -OCH3 is 1. The van der Waals surface area contributed by atoms with Gasteiger partial charge in [-0.3, -0.25) is 4.98 Å². The lowest BCUT2D eigenvalue weighted by Crippen LogP contribution is -2.02. The second kappa shape index (κ2) is 4.70. The average molecular weight is 255 g/mol. The van der Waals surface area contributed by atoms with Crippen LogP contribution in [0.3, 0.4) is 0 Å². The van der Waals surface area contributed by atoms with E-state index in [-0.39, 0.29) is 0 Å². The summed E-state index contributed by atoms with van der Waals surface area (Å²) in [4.78, 5) is 4.06. The van der Waals surface area contributed by atoms with Crippen LogP contribution in [0.4, 0.5) is 0 Å². The molecule has 96 valence electrons. The third kappa shape index (κ3) is 1.94. The molecule has 1 atom stereocenters. The molecule has 0 saturated carbocycles. The highest BCUT2D eigenvalue weighted by Gasteiger charge is 2.18. The summed E-state index contributed by atoms with van der Waals surface area (Å²) in [6.45, 7) is 0. The molecule has 0 bridgehead atoms. The summed E-state index contributed by atoms with van der Waals surface area (Å²) in [7, 11) is 1.59. The molecule has 1 N–H and O–H groups in total. The molecule has 3 rings (SSSR count).